The van der Waals surface area contributed by atoms with Crippen LogP contribution in [0, 0.1) is 6.92 Å². The van der Waals surface area contributed by atoms with E-state index in [-0.39, 0.29) is 15.9 Å². The minimum absolute atomic E-state index is 0.0408. The zero-order chi connectivity index (χ0) is 12.6. The van der Waals surface area contributed by atoms with Crippen LogP contribution in [0.3, 0.4) is 0 Å². The predicted octanol–water partition coefficient (Wildman–Crippen LogP) is 1.54. The summed E-state index contributed by atoms with van der Waals surface area (Å²) in [4.78, 5) is 12.3. The first-order valence-corrected chi connectivity index (χ1v) is 7.84. The largest absolute Gasteiger partial charge is 0.453 e. The maximum absolute atomic E-state index is 11.6. The molecule has 8 heteroatoms. The van der Waals surface area contributed by atoms with E-state index in [0.717, 1.165) is 11.3 Å². The molecular weight excluding hydrogens is 288 g/mol. The smallest absolute Gasteiger partial charge is 0.348 e. The number of thiophene rings is 1. The highest BCUT2D eigenvalue weighted by atomic mass is 35.7. The summed E-state index contributed by atoms with van der Waals surface area (Å²) in [7, 11) is 1.42. The van der Waals surface area contributed by atoms with Gasteiger partial charge >= 0.3 is 5.97 Å². The topological polar surface area (TPSA) is 69.7 Å². The molecule has 0 N–H and O–H groups in total. The van der Waals surface area contributed by atoms with E-state index >= 15 is 0 Å². The number of carbonyl (C=O) groups is 1. The van der Waals surface area contributed by atoms with Gasteiger partial charge in [-0.25, -0.2) is 13.2 Å². The Kier molecular flexibility index (Phi) is 3.44. The second-order valence-corrected chi connectivity index (χ2v) is 7.32. The lowest BCUT2D eigenvalue weighted by atomic mass is 10.3. The number of ether oxygens (including phenoxy) is 2. The lowest BCUT2D eigenvalue weighted by Gasteiger charge is -2.25. The minimum atomic E-state index is -3.82. The van der Waals surface area contributed by atoms with Crippen molar-refractivity contribution in [1.82, 2.24) is 0 Å². The van der Waals surface area contributed by atoms with Gasteiger partial charge in [-0.1, -0.05) is 0 Å². The minimum Gasteiger partial charge on any atom is -0.453 e. The maximum atomic E-state index is 11.6. The molecule has 0 aliphatic carbocycles. The standard InChI is InChI=1S/C9H9ClO5S2/c1-5-8(17(10,12)13)2-7(16-5)9(11)15-6-3-14-4-6/h2,6H,3-4H2,1H3. The molecule has 0 atom stereocenters. The van der Waals surface area contributed by atoms with E-state index in [1.807, 2.05) is 0 Å². The molecule has 1 saturated heterocycles. The Bertz CT molecular complexity index is 544. The third-order valence-corrected chi connectivity index (χ3v) is 4.83. The first-order valence-electron chi connectivity index (χ1n) is 4.72. The van der Waals surface area contributed by atoms with Gasteiger partial charge in [-0.2, -0.15) is 0 Å². The molecule has 1 fully saturated rings. The fourth-order valence-corrected chi connectivity index (χ4v) is 3.85. The van der Waals surface area contributed by atoms with Crippen LogP contribution in [0.1, 0.15) is 14.5 Å². The lowest BCUT2D eigenvalue weighted by molar-refractivity contribution is -0.103. The highest BCUT2D eigenvalue weighted by Crippen LogP contribution is 2.29. The first kappa shape index (κ1) is 12.8. The average Bonchev–Trinajstić information content (AvgIpc) is 2.53. The molecule has 1 aromatic rings. The van der Waals surface area contributed by atoms with E-state index in [1.165, 1.54) is 6.07 Å². The van der Waals surface area contributed by atoms with Crippen LogP contribution in [0.15, 0.2) is 11.0 Å². The zero-order valence-corrected chi connectivity index (χ0v) is 11.2. The molecule has 1 aromatic heterocycles. The Labute approximate surface area is 107 Å². The number of hydrogen-bond acceptors (Lipinski definition) is 6. The fourth-order valence-electron chi connectivity index (χ4n) is 1.30. The first-order chi connectivity index (χ1) is 7.88. The lowest BCUT2D eigenvalue weighted by Crippen LogP contribution is -2.37. The fraction of sp³-hybridized carbons (Fsp3) is 0.444. The van der Waals surface area contributed by atoms with Crippen LogP contribution in [-0.4, -0.2) is 33.7 Å². The Hall–Kier alpha value is -0.630. The van der Waals surface area contributed by atoms with Crippen LogP contribution in [-0.2, 0) is 18.5 Å². The van der Waals surface area contributed by atoms with Crippen LogP contribution in [0.25, 0.3) is 0 Å². The van der Waals surface area contributed by atoms with Crippen LogP contribution in [0.2, 0.25) is 0 Å². The van der Waals surface area contributed by atoms with Crippen LogP contribution in [0.5, 0.6) is 0 Å². The summed E-state index contributed by atoms with van der Waals surface area (Å²) >= 11 is 1.05. The maximum Gasteiger partial charge on any atom is 0.348 e. The molecule has 1 aliphatic rings. The van der Waals surface area contributed by atoms with Crippen molar-refractivity contribution in [2.45, 2.75) is 17.9 Å². The Morgan fingerprint density at radius 2 is 2.24 bits per heavy atom. The number of carbonyl (C=O) groups excluding carboxylic acids is 1. The van der Waals surface area contributed by atoms with Crippen molar-refractivity contribution in [1.29, 1.82) is 0 Å². The summed E-state index contributed by atoms with van der Waals surface area (Å²) in [6.07, 6.45) is -0.235. The molecule has 1 aliphatic heterocycles. The van der Waals surface area contributed by atoms with Gasteiger partial charge in [0.25, 0.3) is 9.05 Å². The van der Waals surface area contributed by atoms with Gasteiger partial charge in [0.15, 0.2) is 0 Å². The monoisotopic (exact) mass is 296 g/mol. The number of hydrogen-bond donors (Lipinski definition) is 0. The number of halogens is 1. The zero-order valence-electron chi connectivity index (χ0n) is 8.80. The van der Waals surface area contributed by atoms with E-state index < -0.39 is 15.0 Å². The van der Waals surface area contributed by atoms with Crippen molar-refractivity contribution in [3.63, 3.8) is 0 Å². The Morgan fingerprint density at radius 3 is 2.65 bits per heavy atom. The average molecular weight is 297 g/mol. The highest BCUT2D eigenvalue weighted by Gasteiger charge is 2.26. The highest BCUT2D eigenvalue weighted by molar-refractivity contribution is 8.13. The molecule has 0 unspecified atom stereocenters. The summed E-state index contributed by atoms with van der Waals surface area (Å²) in [5.41, 5.74) is 0. The summed E-state index contributed by atoms with van der Waals surface area (Å²) in [6.45, 7) is 2.36. The van der Waals surface area contributed by atoms with Gasteiger partial charge in [-0.3, -0.25) is 0 Å². The molecule has 5 nitrogen and oxygen atoms in total. The molecule has 0 bridgehead atoms. The second kappa shape index (κ2) is 4.56. The molecule has 0 aromatic carbocycles. The molecule has 0 amide bonds. The van der Waals surface area contributed by atoms with Gasteiger partial charge in [0.1, 0.15) is 11.0 Å². The van der Waals surface area contributed by atoms with E-state index in [4.69, 9.17) is 20.2 Å². The van der Waals surface area contributed by atoms with Crippen molar-refractivity contribution >= 4 is 37.0 Å². The third kappa shape index (κ3) is 2.79. The molecule has 94 valence electrons. The van der Waals surface area contributed by atoms with Crippen LogP contribution in [0.4, 0.5) is 0 Å². The van der Waals surface area contributed by atoms with Gasteiger partial charge in [-0.15, -0.1) is 11.3 Å². The molecule has 0 spiro atoms. The van der Waals surface area contributed by atoms with Crippen molar-refractivity contribution < 1.29 is 22.7 Å². The number of aryl methyl sites for hydroxylation is 1. The van der Waals surface area contributed by atoms with Crippen LogP contribution < -0.4 is 0 Å². The Balaban J connectivity index is 2.19. The Morgan fingerprint density at radius 1 is 1.59 bits per heavy atom. The van der Waals surface area contributed by atoms with Gasteiger partial charge < -0.3 is 9.47 Å². The molecule has 17 heavy (non-hydrogen) atoms. The normalized spacial score (nSPS) is 16.6. The van der Waals surface area contributed by atoms with Crippen molar-refractivity contribution in [2.24, 2.45) is 0 Å². The number of esters is 1. The van der Waals surface area contributed by atoms with E-state index in [9.17, 15) is 13.2 Å². The molecule has 2 heterocycles. The molecule has 0 saturated carbocycles. The SMILES string of the molecule is Cc1sc(C(=O)OC2COC2)cc1S(=O)(=O)Cl. The molecule has 0 radical (unpaired) electrons. The second-order valence-electron chi connectivity index (χ2n) is 3.53. The van der Waals surface area contributed by atoms with E-state index in [0.29, 0.717) is 18.1 Å². The summed E-state index contributed by atoms with van der Waals surface area (Å²) < 4.78 is 32.3. The summed E-state index contributed by atoms with van der Waals surface area (Å²) in [5.74, 6) is -0.544. The summed E-state index contributed by atoms with van der Waals surface area (Å²) in [6, 6.07) is 1.24. The molecular formula is C9H9ClO5S2. The molecule has 2 rings (SSSR count). The third-order valence-electron chi connectivity index (χ3n) is 2.22. The quantitative estimate of drug-likeness (QED) is 0.625. The van der Waals surface area contributed by atoms with E-state index in [2.05, 4.69) is 0 Å². The van der Waals surface area contributed by atoms with Crippen molar-refractivity contribution in [2.75, 3.05) is 13.2 Å². The summed E-state index contributed by atoms with van der Waals surface area (Å²) in [5, 5.41) is 0. The predicted molar refractivity (Wildman–Crippen MR) is 62.1 cm³/mol. The van der Waals surface area contributed by atoms with Crippen LogP contribution >= 0.6 is 22.0 Å². The number of rotatable bonds is 3. The van der Waals surface area contributed by atoms with Gasteiger partial charge in [-0.05, 0) is 13.0 Å². The van der Waals surface area contributed by atoms with Gasteiger partial charge in [0, 0.05) is 15.6 Å². The van der Waals surface area contributed by atoms with Gasteiger partial charge in [0.2, 0.25) is 0 Å². The van der Waals surface area contributed by atoms with Crippen molar-refractivity contribution in [3.05, 3.63) is 15.8 Å². The van der Waals surface area contributed by atoms with E-state index in [1.54, 1.807) is 6.92 Å². The van der Waals surface area contributed by atoms with Crippen molar-refractivity contribution in [3.8, 4) is 0 Å². The van der Waals surface area contributed by atoms with Gasteiger partial charge in [0.05, 0.1) is 18.1 Å².